The minimum absolute atomic E-state index is 0.0389. The number of amides is 1. The number of benzene rings is 2. The minimum Gasteiger partial charge on any atom is -0.508 e. The number of aliphatic carboxylic acids is 1. The molecule has 0 saturated carbocycles. The van der Waals surface area contributed by atoms with E-state index in [0.29, 0.717) is 38.2 Å². The van der Waals surface area contributed by atoms with Gasteiger partial charge in [-0.25, -0.2) is 4.79 Å². The summed E-state index contributed by atoms with van der Waals surface area (Å²) >= 11 is 8.50. The summed E-state index contributed by atoms with van der Waals surface area (Å²) in [5, 5.41) is 21.9. The van der Waals surface area contributed by atoms with E-state index in [-0.39, 0.29) is 24.0 Å². The first-order valence-corrected chi connectivity index (χ1v) is 12.6. The number of carbonyl (C=O) groups is 2. The van der Waals surface area contributed by atoms with E-state index in [1.54, 1.807) is 30.3 Å². The molecule has 31 heavy (non-hydrogen) atoms. The lowest BCUT2D eigenvalue weighted by atomic mass is 10.0. The van der Waals surface area contributed by atoms with Crippen molar-refractivity contribution < 1.29 is 24.5 Å². The highest BCUT2D eigenvalue weighted by atomic mass is 79.9. The largest absolute Gasteiger partial charge is 0.508 e. The smallest absolute Gasteiger partial charge is 0.326 e. The van der Waals surface area contributed by atoms with Gasteiger partial charge in [-0.05, 0) is 92.1 Å². The molecule has 0 bridgehead atoms. The lowest BCUT2D eigenvalue weighted by Crippen LogP contribution is -2.41. The molecule has 0 spiro atoms. The van der Waals surface area contributed by atoms with Crippen LogP contribution in [0.1, 0.15) is 37.3 Å². The van der Waals surface area contributed by atoms with Crippen molar-refractivity contribution >= 4 is 55.5 Å². The molecule has 0 saturated heterocycles. The Morgan fingerprint density at radius 1 is 1.16 bits per heavy atom. The molecule has 0 aliphatic rings. The summed E-state index contributed by atoms with van der Waals surface area (Å²) in [6.45, 7) is 3.97. The van der Waals surface area contributed by atoms with E-state index < -0.39 is 12.0 Å². The van der Waals surface area contributed by atoms with Gasteiger partial charge in [-0.2, -0.15) is 11.8 Å². The molecule has 3 N–H and O–H groups in total. The fourth-order valence-corrected chi connectivity index (χ4v) is 4.83. The average Bonchev–Trinajstić information content (AvgIpc) is 2.68. The first kappa shape index (κ1) is 25.5. The van der Waals surface area contributed by atoms with Gasteiger partial charge in [0, 0.05) is 5.56 Å². The van der Waals surface area contributed by atoms with Crippen molar-refractivity contribution in [2.75, 3.05) is 12.0 Å². The Morgan fingerprint density at radius 3 is 2.35 bits per heavy atom. The summed E-state index contributed by atoms with van der Waals surface area (Å²) < 4.78 is 7.28. The third-order valence-corrected chi connectivity index (χ3v) is 6.33. The maximum absolute atomic E-state index is 12.4. The van der Waals surface area contributed by atoms with Crippen LogP contribution in [0.15, 0.2) is 39.3 Å². The topological polar surface area (TPSA) is 95.9 Å². The van der Waals surface area contributed by atoms with E-state index in [2.05, 4.69) is 37.2 Å². The molecule has 0 aliphatic carbocycles. The molecule has 1 atom stereocenters. The number of ether oxygens (including phenoxy) is 1. The molecule has 2 aromatic rings. The monoisotopic (exact) mass is 573 g/mol. The van der Waals surface area contributed by atoms with Crippen LogP contribution in [-0.4, -0.2) is 40.1 Å². The normalized spacial score (nSPS) is 11.9. The van der Waals surface area contributed by atoms with Crippen LogP contribution in [0, 0.1) is 0 Å². The van der Waals surface area contributed by atoms with Crippen molar-refractivity contribution in [3.8, 4) is 17.2 Å². The Morgan fingerprint density at radius 2 is 1.81 bits per heavy atom. The van der Waals surface area contributed by atoms with Crippen molar-refractivity contribution in [3.63, 3.8) is 0 Å². The van der Waals surface area contributed by atoms with E-state index in [0.717, 1.165) is 5.56 Å². The Kier molecular flexibility index (Phi) is 9.71. The van der Waals surface area contributed by atoms with Gasteiger partial charge in [0.15, 0.2) is 5.75 Å². The number of carboxylic acid groups (broad SMARTS) is 1. The van der Waals surface area contributed by atoms with Gasteiger partial charge in [0.1, 0.15) is 17.5 Å². The summed E-state index contributed by atoms with van der Waals surface area (Å²) in [4.78, 5) is 23.7. The van der Waals surface area contributed by atoms with Crippen molar-refractivity contribution in [3.05, 3.63) is 50.4 Å². The molecule has 2 aromatic carbocycles. The van der Waals surface area contributed by atoms with Crippen LogP contribution in [0.2, 0.25) is 0 Å². The number of hydrogen-bond donors (Lipinski definition) is 3. The number of rotatable bonds is 10. The summed E-state index contributed by atoms with van der Waals surface area (Å²) in [6.07, 6.45) is 2.30. The number of nitrogens with one attached hydrogen (secondary N) is 1. The number of carbonyl (C=O) groups excluding carboxylic acids is 1. The highest BCUT2D eigenvalue weighted by Crippen LogP contribution is 2.39. The molecule has 0 radical (unpaired) electrons. The summed E-state index contributed by atoms with van der Waals surface area (Å²) in [5.41, 5.74) is 1.48. The van der Waals surface area contributed by atoms with Crippen molar-refractivity contribution in [2.24, 2.45) is 0 Å². The Balaban J connectivity index is 2.14. The zero-order chi connectivity index (χ0) is 23.1. The second-order valence-corrected chi connectivity index (χ2v) is 9.98. The standard InChI is InChI=1S/C22H25Br2NO5S/c1-12(2)15-11-14(4-5-19(15)26)30-21-16(23)8-13(9-17(21)24)10-20(27)25-18(22(28)29)6-7-31-3/h4-5,8-9,11-12,18,26H,6-7,10H2,1-3H3,(H,25,27)(H,28,29)/t18-/m0/s1. The number of phenols is 1. The van der Waals surface area contributed by atoms with E-state index in [9.17, 15) is 19.8 Å². The molecular weight excluding hydrogens is 550 g/mol. The van der Waals surface area contributed by atoms with Crippen LogP contribution < -0.4 is 10.1 Å². The van der Waals surface area contributed by atoms with Gasteiger partial charge in [-0.15, -0.1) is 0 Å². The van der Waals surface area contributed by atoms with Crippen LogP contribution in [0.3, 0.4) is 0 Å². The highest BCUT2D eigenvalue weighted by molar-refractivity contribution is 9.11. The van der Waals surface area contributed by atoms with Gasteiger partial charge >= 0.3 is 5.97 Å². The van der Waals surface area contributed by atoms with Crippen LogP contribution in [0.25, 0.3) is 0 Å². The highest BCUT2D eigenvalue weighted by Gasteiger charge is 2.20. The Bertz CT molecular complexity index is 928. The second-order valence-electron chi connectivity index (χ2n) is 7.28. The van der Waals surface area contributed by atoms with Gasteiger partial charge in [-0.1, -0.05) is 13.8 Å². The molecule has 6 nitrogen and oxygen atoms in total. The van der Waals surface area contributed by atoms with Crippen molar-refractivity contribution in [1.29, 1.82) is 0 Å². The minimum atomic E-state index is -1.04. The molecule has 0 aromatic heterocycles. The van der Waals surface area contributed by atoms with E-state index in [1.165, 1.54) is 11.8 Å². The summed E-state index contributed by atoms with van der Waals surface area (Å²) in [6, 6.07) is 7.70. The van der Waals surface area contributed by atoms with Gasteiger partial charge in [0.25, 0.3) is 0 Å². The van der Waals surface area contributed by atoms with Crippen LogP contribution >= 0.6 is 43.6 Å². The third-order valence-electron chi connectivity index (χ3n) is 4.51. The zero-order valence-corrected chi connectivity index (χ0v) is 21.4. The lowest BCUT2D eigenvalue weighted by molar-refractivity contribution is -0.141. The number of thioether (sulfide) groups is 1. The molecule has 0 fully saturated rings. The number of carboxylic acids is 1. The average molecular weight is 575 g/mol. The van der Waals surface area contributed by atoms with Gasteiger partial charge < -0.3 is 20.3 Å². The molecule has 0 aliphatic heterocycles. The van der Waals surface area contributed by atoms with Crippen LogP contribution in [0.4, 0.5) is 0 Å². The number of hydrogen-bond acceptors (Lipinski definition) is 5. The predicted octanol–water partition coefficient (Wildman–Crippen LogP) is 5.70. The first-order valence-electron chi connectivity index (χ1n) is 9.62. The molecule has 9 heteroatoms. The SMILES string of the molecule is CSCC[C@H](NC(=O)Cc1cc(Br)c(Oc2ccc(O)c(C(C)C)c2)c(Br)c1)C(=O)O. The quantitative estimate of drug-likeness (QED) is 0.337. The van der Waals surface area contributed by atoms with E-state index in [4.69, 9.17) is 4.74 Å². The summed E-state index contributed by atoms with van der Waals surface area (Å²) in [5.74, 6) is 0.723. The van der Waals surface area contributed by atoms with Crippen molar-refractivity contribution in [2.45, 2.75) is 38.6 Å². The van der Waals surface area contributed by atoms with Gasteiger partial charge in [0.2, 0.25) is 5.91 Å². The number of halogens is 2. The van der Waals surface area contributed by atoms with E-state index >= 15 is 0 Å². The van der Waals surface area contributed by atoms with E-state index in [1.807, 2.05) is 20.1 Å². The maximum atomic E-state index is 12.4. The number of phenolic OH excluding ortho intramolecular Hbond substituents is 1. The lowest BCUT2D eigenvalue weighted by Gasteiger charge is -2.16. The maximum Gasteiger partial charge on any atom is 0.326 e. The number of aromatic hydroxyl groups is 1. The molecule has 168 valence electrons. The van der Waals surface area contributed by atoms with Gasteiger partial charge in [0.05, 0.1) is 15.4 Å². The Labute approximate surface area is 203 Å². The second kappa shape index (κ2) is 11.8. The predicted molar refractivity (Wildman–Crippen MR) is 130 cm³/mol. The third kappa shape index (κ3) is 7.43. The molecule has 0 unspecified atom stereocenters. The zero-order valence-electron chi connectivity index (χ0n) is 17.4. The fourth-order valence-electron chi connectivity index (χ4n) is 2.91. The van der Waals surface area contributed by atoms with Crippen molar-refractivity contribution in [1.82, 2.24) is 5.32 Å². The van der Waals surface area contributed by atoms with Crippen LogP contribution in [-0.2, 0) is 16.0 Å². The molecule has 0 heterocycles. The summed E-state index contributed by atoms with van der Waals surface area (Å²) in [7, 11) is 0. The molecular formula is C22H25Br2NO5S. The molecule has 2 rings (SSSR count). The Hall–Kier alpha value is -1.71. The van der Waals surface area contributed by atoms with Crippen LogP contribution in [0.5, 0.6) is 17.2 Å². The molecule has 1 amide bonds. The van der Waals surface area contributed by atoms with Gasteiger partial charge in [-0.3, -0.25) is 4.79 Å². The first-order chi connectivity index (χ1) is 14.6. The fraction of sp³-hybridized carbons (Fsp3) is 0.364.